The van der Waals surface area contributed by atoms with Gasteiger partial charge in [0.15, 0.2) is 0 Å². The molecule has 0 saturated heterocycles. The lowest BCUT2D eigenvalue weighted by molar-refractivity contribution is 0.784. The number of rotatable bonds is 1. The van der Waals surface area contributed by atoms with Crippen molar-refractivity contribution in [1.82, 2.24) is 0 Å². The van der Waals surface area contributed by atoms with Gasteiger partial charge in [-0.1, -0.05) is 48.5 Å². The van der Waals surface area contributed by atoms with Crippen LogP contribution in [-0.2, 0) is 13.1 Å². The summed E-state index contributed by atoms with van der Waals surface area (Å²) in [6.07, 6.45) is 0. The van der Waals surface area contributed by atoms with Gasteiger partial charge in [0.1, 0.15) is 0 Å². The van der Waals surface area contributed by atoms with Gasteiger partial charge in [-0.05, 0) is 46.5 Å². The lowest BCUT2D eigenvalue weighted by Crippen LogP contribution is -2.26. The molecule has 0 unspecified atom stereocenters. The minimum Gasteiger partial charge on any atom is -0.363 e. The number of anilines is 1. The zero-order valence-electron chi connectivity index (χ0n) is 11.6. The fraction of sp³-hybridized carbons (Fsp3) is 0.158. The van der Waals surface area contributed by atoms with E-state index < -0.39 is 0 Å². The van der Waals surface area contributed by atoms with Gasteiger partial charge in [-0.2, -0.15) is 0 Å². The number of aryl methyl sites for hydroxylation is 1. The molecule has 0 aliphatic carbocycles. The Hall–Kier alpha value is -2.28. The number of benzene rings is 3. The van der Waals surface area contributed by atoms with Crippen molar-refractivity contribution in [1.29, 1.82) is 0 Å². The predicted molar refractivity (Wildman–Crippen MR) is 85.0 cm³/mol. The van der Waals surface area contributed by atoms with E-state index in [1.165, 1.54) is 33.2 Å². The highest BCUT2D eigenvalue weighted by atomic mass is 15.1. The van der Waals surface area contributed by atoms with Crippen LogP contribution < -0.4 is 4.90 Å². The summed E-state index contributed by atoms with van der Waals surface area (Å²) in [6, 6.07) is 21.9. The molecule has 0 amide bonds. The maximum atomic E-state index is 2.46. The van der Waals surface area contributed by atoms with Gasteiger partial charge in [-0.15, -0.1) is 0 Å². The van der Waals surface area contributed by atoms with Crippen LogP contribution in [0.3, 0.4) is 0 Å². The van der Waals surface area contributed by atoms with E-state index in [0.717, 1.165) is 13.1 Å². The monoisotopic (exact) mass is 259 g/mol. The first-order valence-corrected chi connectivity index (χ1v) is 7.13. The molecule has 0 radical (unpaired) electrons. The molecule has 1 heterocycles. The maximum absolute atomic E-state index is 2.46. The van der Waals surface area contributed by atoms with Crippen molar-refractivity contribution in [3.63, 3.8) is 0 Å². The van der Waals surface area contributed by atoms with Crippen molar-refractivity contribution >= 4 is 16.5 Å². The van der Waals surface area contributed by atoms with Crippen LogP contribution in [0.25, 0.3) is 10.8 Å². The van der Waals surface area contributed by atoms with Crippen molar-refractivity contribution in [3.8, 4) is 0 Å². The van der Waals surface area contributed by atoms with Crippen molar-refractivity contribution in [2.24, 2.45) is 0 Å². The van der Waals surface area contributed by atoms with E-state index in [1.54, 1.807) is 0 Å². The largest absolute Gasteiger partial charge is 0.363 e. The number of hydrogen-bond donors (Lipinski definition) is 0. The topological polar surface area (TPSA) is 3.24 Å². The lowest BCUT2D eigenvalue weighted by Gasteiger charge is -2.32. The first-order chi connectivity index (χ1) is 9.83. The summed E-state index contributed by atoms with van der Waals surface area (Å²) in [7, 11) is 0. The summed E-state index contributed by atoms with van der Waals surface area (Å²) in [6.45, 7) is 4.22. The molecule has 0 saturated carbocycles. The van der Waals surface area contributed by atoms with Crippen LogP contribution in [0.4, 0.5) is 5.69 Å². The molecular formula is C19H17N. The second-order valence-electron chi connectivity index (χ2n) is 5.57. The van der Waals surface area contributed by atoms with Gasteiger partial charge >= 0.3 is 0 Å². The Labute approximate surface area is 119 Å². The predicted octanol–water partition coefficient (Wildman–Crippen LogP) is 4.67. The quantitative estimate of drug-likeness (QED) is 0.614. The zero-order chi connectivity index (χ0) is 13.5. The molecule has 0 fully saturated rings. The Morgan fingerprint density at radius 1 is 0.800 bits per heavy atom. The maximum Gasteiger partial charge on any atom is 0.0442 e. The Balaban J connectivity index is 1.89. The molecule has 3 aromatic rings. The Morgan fingerprint density at radius 2 is 1.65 bits per heavy atom. The fourth-order valence-electron chi connectivity index (χ4n) is 3.25. The van der Waals surface area contributed by atoms with Gasteiger partial charge in [-0.25, -0.2) is 0 Å². The molecule has 1 heteroatoms. The Bertz CT molecular complexity index is 774. The summed E-state index contributed by atoms with van der Waals surface area (Å²) in [5.41, 5.74) is 5.62. The summed E-state index contributed by atoms with van der Waals surface area (Å²) in [5, 5.41) is 2.84. The van der Waals surface area contributed by atoms with Gasteiger partial charge in [0, 0.05) is 18.8 Å². The van der Waals surface area contributed by atoms with Crippen LogP contribution in [-0.4, -0.2) is 0 Å². The van der Waals surface area contributed by atoms with Crippen LogP contribution in [0.1, 0.15) is 16.7 Å². The first kappa shape index (κ1) is 11.5. The van der Waals surface area contributed by atoms with Crippen LogP contribution >= 0.6 is 0 Å². The van der Waals surface area contributed by atoms with Gasteiger partial charge in [0.2, 0.25) is 0 Å². The summed E-state index contributed by atoms with van der Waals surface area (Å²) < 4.78 is 0. The second-order valence-corrected chi connectivity index (χ2v) is 5.57. The second kappa shape index (κ2) is 4.38. The summed E-state index contributed by atoms with van der Waals surface area (Å²) in [5.74, 6) is 0. The highest BCUT2D eigenvalue weighted by molar-refractivity contribution is 5.91. The Morgan fingerprint density at radius 3 is 2.50 bits per heavy atom. The van der Waals surface area contributed by atoms with E-state index in [1.807, 2.05) is 0 Å². The molecule has 1 nitrogen and oxygen atoms in total. The third-order valence-electron chi connectivity index (χ3n) is 4.31. The van der Waals surface area contributed by atoms with Gasteiger partial charge in [0.25, 0.3) is 0 Å². The molecule has 20 heavy (non-hydrogen) atoms. The molecule has 4 rings (SSSR count). The molecule has 1 aliphatic rings. The number of para-hydroxylation sites is 1. The molecule has 0 N–H and O–H groups in total. The molecule has 98 valence electrons. The zero-order valence-corrected chi connectivity index (χ0v) is 11.6. The van der Waals surface area contributed by atoms with Crippen LogP contribution in [0.2, 0.25) is 0 Å². The van der Waals surface area contributed by atoms with Crippen molar-refractivity contribution in [2.45, 2.75) is 20.0 Å². The highest BCUT2D eigenvalue weighted by Crippen LogP contribution is 2.34. The fourth-order valence-corrected chi connectivity index (χ4v) is 3.25. The molecule has 3 aromatic carbocycles. The van der Waals surface area contributed by atoms with Gasteiger partial charge in [-0.3, -0.25) is 0 Å². The minimum atomic E-state index is 0.998. The minimum absolute atomic E-state index is 0.998. The van der Waals surface area contributed by atoms with Crippen LogP contribution in [0.15, 0.2) is 60.7 Å². The van der Waals surface area contributed by atoms with Crippen LogP contribution in [0, 0.1) is 6.92 Å². The standard InChI is InChI=1S/C19H17N/c1-14-10-11-15-6-5-7-16-12-20(13-18(14)19(15)16)17-8-3-2-4-9-17/h2-11H,12-13H2,1H3. The molecular weight excluding hydrogens is 242 g/mol. The summed E-state index contributed by atoms with van der Waals surface area (Å²) in [4.78, 5) is 2.46. The molecule has 0 spiro atoms. The third-order valence-corrected chi connectivity index (χ3v) is 4.31. The highest BCUT2D eigenvalue weighted by Gasteiger charge is 2.19. The smallest absolute Gasteiger partial charge is 0.0442 e. The Kier molecular flexibility index (Phi) is 2.53. The molecule has 0 aromatic heterocycles. The molecule has 0 atom stereocenters. The van der Waals surface area contributed by atoms with E-state index in [-0.39, 0.29) is 0 Å². The molecule has 1 aliphatic heterocycles. The van der Waals surface area contributed by atoms with Gasteiger partial charge < -0.3 is 4.90 Å². The van der Waals surface area contributed by atoms with Gasteiger partial charge in [0.05, 0.1) is 0 Å². The van der Waals surface area contributed by atoms with E-state index in [4.69, 9.17) is 0 Å². The normalized spacial score (nSPS) is 13.8. The average molecular weight is 259 g/mol. The van der Waals surface area contributed by atoms with E-state index in [9.17, 15) is 0 Å². The van der Waals surface area contributed by atoms with Crippen molar-refractivity contribution in [3.05, 3.63) is 77.4 Å². The third kappa shape index (κ3) is 1.70. The first-order valence-electron chi connectivity index (χ1n) is 7.13. The van der Waals surface area contributed by atoms with E-state index in [0.29, 0.717) is 0 Å². The lowest BCUT2D eigenvalue weighted by atomic mass is 9.92. The van der Waals surface area contributed by atoms with E-state index in [2.05, 4.69) is 72.5 Å². The molecule has 0 bridgehead atoms. The van der Waals surface area contributed by atoms with Crippen LogP contribution in [0.5, 0.6) is 0 Å². The average Bonchev–Trinajstić information content (AvgIpc) is 2.51. The van der Waals surface area contributed by atoms with E-state index >= 15 is 0 Å². The SMILES string of the molecule is Cc1ccc2cccc3c2c1CN(c1ccccc1)C3. The van der Waals surface area contributed by atoms with Crippen molar-refractivity contribution in [2.75, 3.05) is 4.90 Å². The number of nitrogens with zero attached hydrogens (tertiary/aromatic N) is 1. The number of hydrogen-bond acceptors (Lipinski definition) is 1. The summed E-state index contributed by atoms with van der Waals surface area (Å²) >= 11 is 0. The van der Waals surface area contributed by atoms with Crippen molar-refractivity contribution < 1.29 is 0 Å².